The van der Waals surface area contributed by atoms with Crippen LogP contribution < -0.4 is 5.32 Å². The quantitative estimate of drug-likeness (QED) is 0.861. The number of anilines is 1. The van der Waals surface area contributed by atoms with Crippen molar-refractivity contribution in [1.82, 2.24) is 20.4 Å². The van der Waals surface area contributed by atoms with E-state index in [0.717, 1.165) is 5.69 Å². The first kappa shape index (κ1) is 11.7. The highest BCUT2D eigenvalue weighted by Crippen LogP contribution is 2.23. The molecule has 0 bridgehead atoms. The number of aromatic nitrogens is 4. The third-order valence-corrected chi connectivity index (χ3v) is 3.04. The fraction of sp³-hybridized carbons (Fsp3) is 0.400. The van der Waals surface area contributed by atoms with E-state index in [4.69, 9.17) is 0 Å². The van der Waals surface area contributed by atoms with E-state index in [1.165, 1.54) is 11.3 Å². The molecule has 7 heteroatoms. The van der Waals surface area contributed by atoms with Gasteiger partial charge in [-0.2, -0.15) is 15.4 Å². The van der Waals surface area contributed by atoms with Crippen molar-refractivity contribution < 1.29 is 4.79 Å². The highest BCUT2D eigenvalue weighted by Gasteiger charge is 2.29. The van der Waals surface area contributed by atoms with Gasteiger partial charge < -0.3 is 5.32 Å². The van der Waals surface area contributed by atoms with E-state index >= 15 is 0 Å². The largest absolute Gasteiger partial charge is 0.302 e. The van der Waals surface area contributed by atoms with Crippen LogP contribution >= 0.6 is 11.3 Å². The van der Waals surface area contributed by atoms with Crippen LogP contribution in [0, 0.1) is 5.41 Å². The Bertz CT molecular complexity index is 477. The molecule has 0 spiro atoms. The lowest BCUT2D eigenvalue weighted by Crippen LogP contribution is -2.32. The first-order valence-electron chi connectivity index (χ1n) is 5.13. The Morgan fingerprint density at radius 2 is 2.41 bits per heavy atom. The van der Waals surface area contributed by atoms with E-state index in [1.54, 1.807) is 12.4 Å². The molecule has 0 aliphatic heterocycles. The van der Waals surface area contributed by atoms with Crippen LogP contribution in [0.15, 0.2) is 17.8 Å². The number of H-pyrrole nitrogens is 1. The van der Waals surface area contributed by atoms with E-state index in [-0.39, 0.29) is 5.91 Å². The third-order valence-electron chi connectivity index (χ3n) is 2.36. The van der Waals surface area contributed by atoms with Crippen LogP contribution in [0.4, 0.5) is 5.13 Å². The molecule has 2 aromatic heterocycles. The van der Waals surface area contributed by atoms with Gasteiger partial charge in [-0.05, 0) is 0 Å². The first-order valence-corrected chi connectivity index (χ1v) is 6.01. The Balaban J connectivity index is 2.02. The predicted molar refractivity (Wildman–Crippen MR) is 64.6 cm³/mol. The van der Waals surface area contributed by atoms with Gasteiger partial charge in [-0.25, -0.2) is 4.98 Å². The number of aromatic amines is 1. The molecule has 0 saturated carbocycles. The first-order chi connectivity index (χ1) is 8.08. The van der Waals surface area contributed by atoms with Crippen LogP contribution in [-0.2, 0) is 11.2 Å². The molecule has 0 aliphatic rings. The maximum atomic E-state index is 12.1. The zero-order valence-electron chi connectivity index (χ0n) is 9.60. The van der Waals surface area contributed by atoms with Crippen molar-refractivity contribution in [2.24, 2.45) is 5.41 Å². The third kappa shape index (κ3) is 2.88. The van der Waals surface area contributed by atoms with Gasteiger partial charge in [0, 0.05) is 23.4 Å². The molecule has 0 atom stereocenters. The second kappa shape index (κ2) is 4.62. The molecule has 2 aromatic rings. The number of nitrogens with one attached hydrogen (secondary N) is 2. The van der Waals surface area contributed by atoms with Gasteiger partial charge in [-0.3, -0.25) is 4.79 Å². The molecule has 0 saturated heterocycles. The lowest BCUT2D eigenvalue weighted by molar-refractivity contribution is -0.123. The van der Waals surface area contributed by atoms with Gasteiger partial charge in [0.1, 0.15) is 0 Å². The number of nitrogens with zero attached hydrogens (tertiary/aromatic N) is 3. The van der Waals surface area contributed by atoms with Crippen molar-refractivity contribution in [3.8, 4) is 0 Å². The summed E-state index contributed by atoms with van der Waals surface area (Å²) in [4.78, 5) is 16.1. The summed E-state index contributed by atoms with van der Waals surface area (Å²) < 4.78 is 0. The van der Waals surface area contributed by atoms with Crippen LogP contribution in [0.1, 0.15) is 19.5 Å². The van der Waals surface area contributed by atoms with Gasteiger partial charge in [-0.15, -0.1) is 11.3 Å². The fourth-order valence-electron chi connectivity index (χ4n) is 1.40. The molecular weight excluding hydrogens is 238 g/mol. The fourth-order valence-corrected chi connectivity index (χ4v) is 1.92. The van der Waals surface area contributed by atoms with E-state index < -0.39 is 5.41 Å². The zero-order valence-corrected chi connectivity index (χ0v) is 10.4. The van der Waals surface area contributed by atoms with Crippen LogP contribution in [0.3, 0.4) is 0 Å². The smallest absolute Gasteiger partial charge is 0.232 e. The van der Waals surface area contributed by atoms with Crippen molar-refractivity contribution >= 4 is 22.4 Å². The molecule has 0 radical (unpaired) electrons. The van der Waals surface area contributed by atoms with E-state index in [0.29, 0.717) is 11.6 Å². The average molecular weight is 251 g/mol. The van der Waals surface area contributed by atoms with Gasteiger partial charge in [0.05, 0.1) is 11.9 Å². The Labute approximate surface area is 102 Å². The molecule has 0 unspecified atom stereocenters. The number of carbonyl (C=O) groups is 1. The molecule has 1 amide bonds. The van der Waals surface area contributed by atoms with E-state index in [1.807, 2.05) is 19.2 Å². The Morgan fingerprint density at radius 1 is 1.59 bits per heavy atom. The Morgan fingerprint density at radius 3 is 3.00 bits per heavy atom. The Kier molecular flexibility index (Phi) is 3.19. The summed E-state index contributed by atoms with van der Waals surface area (Å²) in [7, 11) is 0. The van der Waals surface area contributed by atoms with Gasteiger partial charge in [-0.1, -0.05) is 13.8 Å². The summed E-state index contributed by atoms with van der Waals surface area (Å²) in [6.45, 7) is 3.73. The monoisotopic (exact) mass is 251 g/mol. The number of amides is 1. The normalized spacial score (nSPS) is 11.4. The van der Waals surface area contributed by atoms with Crippen LogP contribution in [0.2, 0.25) is 0 Å². The molecule has 0 fully saturated rings. The average Bonchev–Trinajstić information content (AvgIpc) is 2.90. The topological polar surface area (TPSA) is 83.6 Å². The number of hydrogen-bond donors (Lipinski definition) is 2. The van der Waals surface area contributed by atoms with Crippen molar-refractivity contribution in [1.29, 1.82) is 0 Å². The van der Waals surface area contributed by atoms with Gasteiger partial charge >= 0.3 is 0 Å². The number of carbonyl (C=O) groups excluding carboxylic acids is 1. The number of thiazole rings is 1. The van der Waals surface area contributed by atoms with Crippen LogP contribution in [0.25, 0.3) is 0 Å². The second-order valence-corrected chi connectivity index (χ2v) is 5.21. The summed E-state index contributed by atoms with van der Waals surface area (Å²) in [5.41, 5.74) is 0.215. The molecule has 6 nitrogen and oxygen atoms in total. The van der Waals surface area contributed by atoms with Gasteiger partial charge in [0.25, 0.3) is 0 Å². The summed E-state index contributed by atoms with van der Waals surface area (Å²) in [6, 6.07) is 0. The summed E-state index contributed by atoms with van der Waals surface area (Å²) in [5, 5.41) is 15.4. The predicted octanol–water partition coefficient (Wildman–Crippen LogP) is 1.47. The maximum Gasteiger partial charge on any atom is 0.232 e. The maximum absolute atomic E-state index is 12.1. The summed E-state index contributed by atoms with van der Waals surface area (Å²) in [6.07, 6.45) is 3.81. The van der Waals surface area contributed by atoms with Gasteiger partial charge in [0.2, 0.25) is 5.91 Å². The summed E-state index contributed by atoms with van der Waals surface area (Å²) in [5.74, 6) is -0.0737. The number of hydrogen-bond acceptors (Lipinski definition) is 5. The molecule has 2 N–H and O–H groups in total. The lowest BCUT2D eigenvalue weighted by Gasteiger charge is -2.21. The standard InChI is InChI=1S/C10H13N5OS/c1-10(2,5-7-6-12-15-14-7)8(16)13-9-11-3-4-17-9/h3-4,6H,5H2,1-2H3,(H,11,13,16)(H,12,14,15). The van der Waals surface area contributed by atoms with Crippen molar-refractivity contribution in [3.05, 3.63) is 23.5 Å². The molecule has 0 aliphatic carbocycles. The second-order valence-electron chi connectivity index (χ2n) is 4.31. The van der Waals surface area contributed by atoms with Crippen molar-refractivity contribution in [2.45, 2.75) is 20.3 Å². The number of rotatable bonds is 4. The molecule has 2 rings (SSSR count). The minimum atomic E-state index is -0.553. The lowest BCUT2D eigenvalue weighted by atomic mass is 9.87. The molecule has 17 heavy (non-hydrogen) atoms. The molecule has 90 valence electrons. The Hall–Kier alpha value is -1.76. The summed E-state index contributed by atoms with van der Waals surface area (Å²) >= 11 is 1.40. The van der Waals surface area contributed by atoms with E-state index in [2.05, 4.69) is 25.7 Å². The van der Waals surface area contributed by atoms with Crippen molar-refractivity contribution in [2.75, 3.05) is 5.32 Å². The van der Waals surface area contributed by atoms with Crippen LogP contribution in [0.5, 0.6) is 0 Å². The van der Waals surface area contributed by atoms with Crippen molar-refractivity contribution in [3.63, 3.8) is 0 Å². The zero-order chi connectivity index (χ0) is 12.3. The molecule has 0 aromatic carbocycles. The highest BCUT2D eigenvalue weighted by atomic mass is 32.1. The van der Waals surface area contributed by atoms with Crippen LogP contribution in [-0.4, -0.2) is 26.3 Å². The van der Waals surface area contributed by atoms with E-state index in [9.17, 15) is 4.79 Å². The molecular formula is C10H13N5OS. The SMILES string of the molecule is CC(C)(Cc1cn[nH]n1)C(=O)Nc1nccs1. The van der Waals surface area contributed by atoms with Gasteiger partial charge in [0.15, 0.2) is 5.13 Å². The minimum Gasteiger partial charge on any atom is -0.302 e. The molecule has 2 heterocycles. The minimum absolute atomic E-state index is 0.0737. The highest BCUT2D eigenvalue weighted by molar-refractivity contribution is 7.13.